The molecule has 1 aromatic heterocycles. The van der Waals surface area contributed by atoms with Gasteiger partial charge in [0.25, 0.3) is 0 Å². The first kappa shape index (κ1) is 11.7. The Morgan fingerprint density at radius 1 is 1.50 bits per heavy atom. The van der Waals surface area contributed by atoms with Crippen molar-refractivity contribution in [2.24, 2.45) is 5.14 Å². The molecule has 0 aromatic carbocycles. The molecule has 2 N–H and O–H groups in total. The molecule has 1 unspecified atom stereocenters. The summed E-state index contributed by atoms with van der Waals surface area (Å²) in [4.78, 5) is 12.8. The standard InChI is InChI=1S/C6H7ClN4O3S2/c7-5-9-10-6(15-5)11-2-3(1-4(11)12)16(8,13)14/h3H,1-2H2,(H2,8,13,14). The number of primary sulfonamides is 1. The Morgan fingerprint density at radius 2 is 2.19 bits per heavy atom. The molecule has 0 bridgehead atoms. The molecule has 0 saturated carbocycles. The van der Waals surface area contributed by atoms with Crippen LogP contribution in [0.1, 0.15) is 6.42 Å². The molecule has 1 amide bonds. The van der Waals surface area contributed by atoms with Gasteiger partial charge in [0.15, 0.2) is 0 Å². The van der Waals surface area contributed by atoms with Gasteiger partial charge in [0, 0.05) is 13.0 Å². The highest BCUT2D eigenvalue weighted by atomic mass is 35.5. The van der Waals surface area contributed by atoms with Gasteiger partial charge in [0.1, 0.15) is 5.25 Å². The van der Waals surface area contributed by atoms with Gasteiger partial charge < -0.3 is 0 Å². The fourth-order valence-corrected chi connectivity index (χ4v) is 2.96. The normalized spacial score (nSPS) is 21.8. The minimum atomic E-state index is -3.71. The lowest BCUT2D eigenvalue weighted by Crippen LogP contribution is -2.32. The lowest BCUT2D eigenvalue weighted by Gasteiger charge is -2.10. The summed E-state index contributed by atoms with van der Waals surface area (Å²) in [6, 6.07) is 0. The molecule has 1 aromatic rings. The average molecular weight is 283 g/mol. The zero-order valence-corrected chi connectivity index (χ0v) is 10.2. The topological polar surface area (TPSA) is 106 Å². The second-order valence-corrected chi connectivity index (χ2v) is 6.64. The summed E-state index contributed by atoms with van der Waals surface area (Å²) >= 11 is 6.59. The van der Waals surface area contributed by atoms with Crippen molar-refractivity contribution in [3.8, 4) is 0 Å². The third-order valence-electron chi connectivity index (χ3n) is 2.17. The highest BCUT2D eigenvalue weighted by molar-refractivity contribution is 7.89. The predicted molar refractivity (Wildman–Crippen MR) is 58.8 cm³/mol. The molecule has 1 aliphatic heterocycles. The number of halogens is 1. The van der Waals surface area contributed by atoms with Crippen molar-refractivity contribution >= 4 is 44.0 Å². The number of rotatable bonds is 2. The zero-order chi connectivity index (χ0) is 11.9. The number of hydrogen-bond donors (Lipinski definition) is 1. The van der Waals surface area contributed by atoms with E-state index in [1.807, 2.05) is 0 Å². The van der Waals surface area contributed by atoms with E-state index >= 15 is 0 Å². The number of carbonyl (C=O) groups excluding carboxylic acids is 1. The van der Waals surface area contributed by atoms with E-state index in [1.165, 1.54) is 4.90 Å². The molecule has 2 rings (SSSR count). The van der Waals surface area contributed by atoms with Crippen molar-refractivity contribution in [1.82, 2.24) is 10.2 Å². The molecule has 1 fully saturated rings. The van der Waals surface area contributed by atoms with E-state index in [0.717, 1.165) is 11.3 Å². The van der Waals surface area contributed by atoms with Crippen LogP contribution in [0.2, 0.25) is 4.47 Å². The smallest absolute Gasteiger partial charge is 0.230 e. The van der Waals surface area contributed by atoms with Gasteiger partial charge in [-0.2, -0.15) is 0 Å². The molecule has 0 radical (unpaired) electrons. The number of nitrogens with zero attached hydrogens (tertiary/aromatic N) is 3. The van der Waals surface area contributed by atoms with E-state index in [0.29, 0.717) is 5.13 Å². The second kappa shape index (κ2) is 3.91. The van der Waals surface area contributed by atoms with Crippen LogP contribution >= 0.6 is 22.9 Å². The minimum absolute atomic E-state index is 0.00316. The molecule has 10 heteroatoms. The molecular formula is C6H7ClN4O3S2. The zero-order valence-electron chi connectivity index (χ0n) is 7.83. The first-order valence-electron chi connectivity index (χ1n) is 4.19. The van der Waals surface area contributed by atoms with Gasteiger partial charge >= 0.3 is 0 Å². The Labute approximate surface area is 100 Å². The molecule has 1 aliphatic rings. The number of aromatic nitrogens is 2. The molecule has 0 aliphatic carbocycles. The molecular weight excluding hydrogens is 276 g/mol. The Hall–Kier alpha value is -0.770. The van der Waals surface area contributed by atoms with Crippen LogP contribution in [0.5, 0.6) is 0 Å². The van der Waals surface area contributed by atoms with Crippen LogP contribution in [0.4, 0.5) is 5.13 Å². The van der Waals surface area contributed by atoms with Crippen LogP contribution in [0.25, 0.3) is 0 Å². The molecule has 88 valence electrons. The summed E-state index contributed by atoms with van der Waals surface area (Å²) in [5.74, 6) is -0.341. The van der Waals surface area contributed by atoms with Gasteiger partial charge in [0.05, 0.1) is 0 Å². The third kappa shape index (κ3) is 2.17. The van der Waals surface area contributed by atoms with Crippen LogP contribution < -0.4 is 10.0 Å². The summed E-state index contributed by atoms with van der Waals surface area (Å²) in [6.07, 6.45) is -0.129. The van der Waals surface area contributed by atoms with E-state index in [2.05, 4.69) is 10.2 Å². The molecule has 0 spiro atoms. The number of sulfonamides is 1. The average Bonchev–Trinajstić information content (AvgIpc) is 2.70. The van der Waals surface area contributed by atoms with Gasteiger partial charge in [-0.3, -0.25) is 9.69 Å². The van der Waals surface area contributed by atoms with Gasteiger partial charge in [-0.05, 0) is 11.6 Å². The second-order valence-electron chi connectivity index (χ2n) is 3.26. The summed E-state index contributed by atoms with van der Waals surface area (Å²) in [7, 11) is -3.71. The van der Waals surface area contributed by atoms with Crippen LogP contribution in [0, 0.1) is 0 Å². The monoisotopic (exact) mass is 282 g/mol. The van der Waals surface area contributed by atoms with Gasteiger partial charge in [-0.1, -0.05) is 11.3 Å². The Morgan fingerprint density at radius 3 is 2.62 bits per heavy atom. The maximum absolute atomic E-state index is 11.5. The number of amides is 1. The fourth-order valence-electron chi connectivity index (χ4n) is 1.39. The summed E-state index contributed by atoms with van der Waals surface area (Å²) < 4.78 is 22.4. The highest BCUT2D eigenvalue weighted by Gasteiger charge is 2.38. The maximum atomic E-state index is 11.5. The van der Waals surface area contributed by atoms with E-state index < -0.39 is 15.3 Å². The molecule has 1 atom stereocenters. The highest BCUT2D eigenvalue weighted by Crippen LogP contribution is 2.28. The molecule has 7 nitrogen and oxygen atoms in total. The Kier molecular flexibility index (Phi) is 2.86. The van der Waals surface area contributed by atoms with Crippen molar-refractivity contribution in [1.29, 1.82) is 0 Å². The van der Waals surface area contributed by atoms with Crippen molar-refractivity contribution in [2.45, 2.75) is 11.7 Å². The van der Waals surface area contributed by atoms with E-state index in [4.69, 9.17) is 16.7 Å². The van der Waals surface area contributed by atoms with E-state index in [-0.39, 0.29) is 23.3 Å². The van der Waals surface area contributed by atoms with Crippen molar-refractivity contribution in [3.05, 3.63) is 4.47 Å². The van der Waals surface area contributed by atoms with E-state index in [1.54, 1.807) is 0 Å². The summed E-state index contributed by atoms with van der Waals surface area (Å²) in [6.45, 7) is 0.00316. The Bertz CT molecular complexity index is 528. The van der Waals surface area contributed by atoms with Crippen LogP contribution in [-0.2, 0) is 14.8 Å². The van der Waals surface area contributed by atoms with Gasteiger partial charge in [-0.25, -0.2) is 13.6 Å². The third-order valence-corrected chi connectivity index (χ3v) is 4.46. The maximum Gasteiger partial charge on any atom is 0.230 e. The molecule has 16 heavy (non-hydrogen) atoms. The number of carbonyl (C=O) groups is 1. The number of hydrogen-bond acceptors (Lipinski definition) is 6. The van der Waals surface area contributed by atoms with Crippen molar-refractivity contribution < 1.29 is 13.2 Å². The van der Waals surface area contributed by atoms with Gasteiger partial charge in [0.2, 0.25) is 25.5 Å². The van der Waals surface area contributed by atoms with Crippen LogP contribution in [-0.4, -0.2) is 36.3 Å². The lowest BCUT2D eigenvalue weighted by atomic mass is 10.4. The SMILES string of the molecule is NS(=O)(=O)C1CC(=O)N(c2nnc(Cl)s2)C1. The fraction of sp³-hybridized carbons (Fsp3) is 0.500. The lowest BCUT2D eigenvalue weighted by molar-refractivity contribution is -0.117. The summed E-state index contributed by atoms with van der Waals surface area (Å²) in [5, 5.41) is 11.6. The number of anilines is 1. The first-order chi connectivity index (χ1) is 7.38. The molecule has 1 saturated heterocycles. The van der Waals surface area contributed by atoms with Crippen LogP contribution in [0.3, 0.4) is 0 Å². The van der Waals surface area contributed by atoms with Crippen molar-refractivity contribution in [3.63, 3.8) is 0 Å². The quantitative estimate of drug-likeness (QED) is 0.793. The first-order valence-corrected chi connectivity index (χ1v) is 6.99. The predicted octanol–water partition coefficient (Wildman–Crippen LogP) is -0.415. The molecule has 2 heterocycles. The van der Waals surface area contributed by atoms with Gasteiger partial charge in [-0.15, -0.1) is 10.2 Å². The minimum Gasteiger partial charge on any atom is -0.285 e. The van der Waals surface area contributed by atoms with Crippen molar-refractivity contribution in [2.75, 3.05) is 11.4 Å². The number of nitrogens with two attached hydrogens (primary N) is 1. The largest absolute Gasteiger partial charge is 0.285 e. The van der Waals surface area contributed by atoms with Crippen LogP contribution in [0.15, 0.2) is 0 Å². The Balaban J connectivity index is 2.24. The summed E-state index contributed by atoms with van der Waals surface area (Å²) in [5.41, 5.74) is 0. The van der Waals surface area contributed by atoms with E-state index in [9.17, 15) is 13.2 Å².